The number of rotatable bonds is 3. The molecule has 5 heteroatoms. The molecule has 0 heterocycles. The van der Waals surface area contributed by atoms with Crippen LogP contribution in [-0.4, -0.2) is 11.6 Å². The van der Waals surface area contributed by atoms with E-state index in [-0.39, 0.29) is 11.7 Å². The van der Waals surface area contributed by atoms with Crippen molar-refractivity contribution in [1.29, 1.82) is 0 Å². The number of halogens is 2. The van der Waals surface area contributed by atoms with E-state index in [2.05, 4.69) is 26.5 Å². The Bertz CT molecular complexity index is 670. The molecule has 0 saturated heterocycles. The molecule has 2 aromatic carbocycles. The predicted molar refractivity (Wildman–Crippen MR) is 80.2 cm³/mol. The van der Waals surface area contributed by atoms with Gasteiger partial charge in [-0.05, 0) is 41.1 Å². The lowest BCUT2D eigenvalue weighted by Gasteiger charge is -2.05. The molecule has 0 aliphatic carbocycles. The van der Waals surface area contributed by atoms with Crippen LogP contribution in [0.15, 0.2) is 58.1 Å². The maximum absolute atomic E-state index is 13.6. The van der Waals surface area contributed by atoms with Crippen LogP contribution in [0.3, 0.4) is 0 Å². The highest BCUT2D eigenvalue weighted by molar-refractivity contribution is 9.10. The highest BCUT2D eigenvalue weighted by Gasteiger charge is 2.09. The van der Waals surface area contributed by atoms with Gasteiger partial charge in [-0.15, -0.1) is 0 Å². The Morgan fingerprint density at radius 2 is 1.70 bits per heavy atom. The number of hydrogen-bond donors (Lipinski definition) is 1. The smallest absolute Gasteiger partial charge is 0.267 e. The highest BCUT2D eigenvalue weighted by atomic mass is 79.9. The van der Waals surface area contributed by atoms with Crippen LogP contribution in [-0.2, 0) is 0 Å². The Hall–Kier alpha value is -2.01. The van der Waals surface area contributed by atoms with Crippen molar-refractivity contribution in [3.63, 3.8) is 0 Å². The highest BCUT2D eigenvalue weighted by Crippen LogP contribution is 2.15. The SMILES string of the molecule is C/C(=N\NC(=O)c1ccccc1Br)c1ccccc1F. The molecular weight excluding hydrogens is 323 g/mol. The third-order valence-corrected chi connectivity index (χ3v) is 3.40. The maximum atomic E-state index is 13.6. The minimum Gasteiger partial charge on any atom is -0.267 e. The number of carbonyl (C=O) groups excluding carboxylic acids is 1. The molecule has 0 unspecified atom stereocenters. The van der Waals surface area contributed by atoms with E-state index in [0.29, 0.717) is 21.3 Å². The lowest BCUT2D eigenvalue weighted by atomic mass is 10.1. The lowest BCUT2D eigenvalue weighted by molar-refractivity contribution is 0.0954. The van der Waals surface area contributed by atoms with Crippen molar-refractivity contribution >= 4 is 27.5 Å². The summed E-state index contributed by atoms with van der Waals surface area (Å²) in [6.45, 7) is 1.64. The van der Waals surface area contributed by atoms with Crippen LogP contribution in [0.25, 0.3) is 0 Å². The fraction of sp³-hybridized carbons (Fsp3) is 0.0667. The number of hydrogen-bond acceptors (Lipinski definition) is 2. The molecule has 0 radical (unpaired) electrons. The van der Waals surface area contributed by atoms with Gasteiger partial charge in [-0.3, -0.25) is 4.79 Å². The summed E-state index contributed by atoms with van der Waals surface area (Å²) < 4.78 is 14.2. The van der Waals surface area contributed by atoms with E-state index < -0.39 is 0 Å². The van der Waals surface area contributed by atoms with E-state index in [1.807, 2.05) is 6.07 Å². The Labute approximate surface area is 124 Å². The molecule has 0 atom stereocenters. The van der Waals surface area contributed by atoms with Crippen molar-refractivity contribution in [3.8, 4) is 0 Å². The van der Waals surface area contributed by atoms with Crippen LogP contribution >= 0.6 is 15.9 Å². The first kappa shape index (κ1) is 14.4. The summed E-state index contributed by atoms with van der Waals surface area (Å²) in [4.78, 5) is 11.9. The fourth-order valence-corrected chi connectivity index (χ4v) is 2.12. The number of nitrogens with one attached hydrogen (secondary N) is 1. The molecule has 0 aromatic heterocycles. The fourth-order valence-electron chi connectivity index (χ4n) is 1.66. The molecule has 2 aromatic rings. The summed E-state index contributed by atoms with van der Waals surface area (Å²) in [5.41, 5.74) is 3.65. The van der Waals surface area contributed by atoms with Crippen molar-refractivity contribution in [3.05, 3.63) is 69.9 Å². The first-order valence-corrected chi connectivity index (χ1v) is 6.73. The number of nitrogens with zero attached hydrogens (tertiary/aromatic N) is 1. The zero-order valence-electron chi connectivity index (χ0n) is 10.7. The molecule has 2 rings (SSSR count). The van der Waals surface area contributed by atoms with Gasteiger partial charge in [-0.1, -0.05) is 30.3 Å². The Morgan fingerprint density at radius 3 is 2.35 bits per heavy atom. The molecule has 0 aliphatic heterocycles. The first-order valence-electron chi connectivity index (χ1n) is 5.93. The van der Waals surface area contributed by atoms with Crippen molar-refractivity contribution in [2.24, 2.45) is 5.10 Å². The van der Waals surface area contributed by atoms with Gasteiger partial charge in [0.15, 0.2) is 0 Å². The Balaban J connectivity index is 2.16. The summed E-state index contributed by atoms with van der Waals surface area (Å²) >= 11 is 3.29. The van der Waals surface area contributed by atoms with Crippen molar-refractivity contribution in [2.45, 2.75) is 6.92 Å². The zero-order chi connectivity index (χ0) is 14.5. The molecule has 3 nitrogen and oxygen atoms in total. The van der Waals surface area contributed by atoms with E-state index in [0.717, 1.165) is 0 Å². The number of carbonyl (C=O) groups is 1. The second-order valence-electron chi connectivity index (χ2n) is 4.10. The summed E-state index contributed by atoms with van der Waals surface area (Å²) in [5, 5.41) is 3.93. The largest absolute Gasteiger partial charge is 0.272 e. The molecule has 102 valence electrons. The van der Waals surface area contributed by atoms with Crippen LogP contribution in [0.4, 0.5) is 4.39 Å². The molecular formula is C15H12BrFN2O. The van der Waals surface area contributed by atoms with Crippen molar-refractivity contribution in [2.75, 3.05) is 0 Å². The van der Waals surface area contributed by atoms with Gasteiger partial charge >= 0.3 is 0 Å². The summed E-state index contributed by atoms with van der Waals surface area (Å²) in [5.74, 6) is -0.725. The standard InChI is InChI=1S/C15H12BrFN2O/c1-10(11-6-3-5-9-14(11)17)18-19-15(20)12-7-2-4-8-13(12)16/h2-9H,1H3,(H,19,20)/b18-10+. The van der Waals surface area contributed by atoms with Gasteiger partial charge in [-0.25, -0.2) is 9.82 Å². The van der Waals surface area contributed by atoms with Crippen molar-refractivity contribution < 1.29 is 9.18 Å². The van der Waals surface area contributed by atoms with Gasteiger partial charge in [0.1, 0.15) is 5.82 Å². The second kappa shape index (κ2) is 6.43. The number of benzene rings is 2. The Morgan fingerprint density at radius 1 is 1.10 bits per heavy atom. The van der Waals surface area contributed by atoms with E-state index in [9.17, 15) is 9.18 Å². The van der Waals surface area contributed by atoms with Gasteiger partial charge < -0.3 is 0 Å². The Kier molecular flexibility index (Phi) is 4.63. The van der Waals surface area contributed by atoms with Gasteiger partial charge in [-0.2, -0.15) is 5.10 Å². The predicted octanol–water partition coefficient (Wildman–Crippen LogP) is 3.74. The molecule has 0 fully saturated rings. The third kappa shape index (κ3) is 3.30. The number of amides is 1. The van der Waals surface area contributed by atoms with Crippen molar-refractivity contribution in [1.82, 2.24) is 5.43 Å². The molecule has 0 saturated carbocycles. The summed E-state index contributed by atoms with van der Waals surface area (Å²) in [7, 11) is 0. The average molecular weight is 335 g/mol. The summed E-state index contributed by atoms with van der Waals surface area (Å²) in [6.07, 6.45) is 0. The van der Waals surface area contributed by atoms with Crippen LogP contribution in [0.1, 0.15) is 22.8 Å². The molecule has 1 N–H and O–H groups in total. The monoisotopic (exact) mass is 334 g/mol. The topological polar surface area (TPSA) is 41.5 Å². The minimum atomic E-state index is -0.371. The first-order chi connectivity index (χ1) is 9.59. The van der Waals surface area contributed by atoms with Gasteiger partial charge in [0.2, 0.25) is 0 Å². The minimum absolute atomic E-state index is 0.354. The van der Waals surface area contributed by atoms with Gasteiger partial charge in [0.05, 0.1) is 11.3 Å². The molecule has 0 bridgehead atoms. The van der Waals surface area contributed by atoms with E-state index in [4.69, 9.17) is 0 Å². The van der Waals surface area contributed by atoms with Crippen LogP contribution in [0.5, 0.6) is 0 Å². The van der Waals surface area contributed by atoms with E-state index in [1.165, 1.54) is 6.07 Å². The van der Waals surface area contributed by atoms with Crippen LogP contribution in [0, 0.1) is 5.82 Å². The zero-order valence-corrected chi connectivity index (χ0v) is 12.3. The molecule has 1 amide bonds. The lowest BCUT2D eigenvalue weighted by Crippen LogP contribution is -2.20. The molecule has 0 aliphatic rings. The molecule has 20 heavy (non-hydrogen) atoms. The average Bonchev–Trinajstić information content (AvgIpc) is 2.45. The second-order valence-corrected chi connectivity index (χ2v) is 4.95. The van der Waals surface area contributed by atoms with Crippen LogP contribution < -0.4 is 5.43 Å². The van der Waals surface area contributed by atoms with E-state index >= 15 is 0 Å². The summed E-state index contributed by atoms with van der Waals surface area (Å²) in [6, 6.07) is 13.3. The number of hydrazone groups is 1. The van der Waals surface area contributed by atoms with Gasteiger partial charge in [0.25, 0.3) is 5.91 Å². The van der Waals surface area contributed by atoms with Crippen LogP contribution in [0.2, 0.25) is 0 Å². The van der Waals surface area contributed by atoms with Gasteiger partial charge in [0, 0.05) is 10.0 Å². The third-order valence-electron chi connectivity index (χ3n) is 2.71. The quantitative estimate of drug-likeness (QED) is 0.674. The molecule has 0 spiro atoms. The van der Waals surface area contributed by atoms with E-state index in [1.54, 1.807) is 43.3 Å². The maximum Gasteiger partial charge on any atom is 0.272 e. The normalized spacial score (nSPS) is 11.2.